The number of benzene rings is 2. The van der Waals surface area contributed by atoms with E-state index in [0.717, 1.165) is 14.7 Å². The molecule has 0 radical (unpaired) electrons. The number of hydrogen-bond donors (Lipinski definition) is 2. The summed E-state index contributed by atoms with van der Waals surface area (Å²) in [5.74, 6) is 1.27. The van der Waals surface area contributed by atoms with E-state index in [9.17, 15) is 0 Å². The van der Waals surface area contributed by atoms with E-state index >= 15 is 0 Å². The first-order valence-corrected chi connectivity index (χ1v) is 9.83. The summed E-state index contributed by atoms with van der Waals surface area (Å²) in [5.41, 5.74) is 4.50. The largest absolute Gasteiger partial charge is 0.493 e. The van der Waals surface area contributed by atoms with Gasteiger partial charge in [-0.25, -0.2) is 0 Å². The Kier molecular flexibility index (Phi) is 8.83. The van der Waals surface area contributed by atoms with Crippen LogP contribution >= 0.6 is 46.4 Å². The predicted molar refractivity (Wildman–Crippen MR) is 123 cm³/mol. The Balaban J connectivity index is 2.08. The van der Waals surface area contributed by atoms with Gasteiger partial charge in [0, 0.05) is 17.1 Å². The molecule has 2 aromatic rings. The first-order chi connectivity index (χ1) is 13.0. The minimum atomic E-state index is 0.351. The summed E-state index contributed by atoms with van der Waals surface area (Å²) in [6.45, 7) is 4.54. The maximum absolute atomic E-state index is 6.19. The van der Waals surface area contributed by atoms with Gasteiger partial charge < -0.3 is 14.8 Å². The number of ether oxygens (including phenoxy) is 2. The maximum Gasteiger partial charge on any atom is 0.187 e. The predicted octanol–water partition coefficient (Wildman–Crippen LogP) is 4.52. The quantitative estimate of drug-likeness (QED) is 0.178. The molecule has 0 heterocycles. The van der Waals surface area contributed by atoms with Gasteiger partial charge in [0.1, 0.15) is 6.61 Å². The molecule has 0 spiro atoms. The van der Waals surface area contributed by atoms with Crippen molar-refractivity contribution in [1.29, 1.82) is 0 Å². The standard InChI is InChI=1S/C19H19ClIN3O2S/c1-3-8-22-19(27)24-23-11-13-9-16(21)18(17(10-13)25-2)26-12-14-6-4-5-7-15(14)20/h3-7,9-11H,1,8,12H2,2H3,(H2,22,24,27)/b23-11+. The van der Waals surface area contributed by atoms with Crippen molar-refractivity contribution in [2.75, 3.05) is 13.7 Å². The van der Waals surface area contributed by atoms with E-state index in [1.165, 1.54) is 0 Å². The molecular formula is C19H19ClIN3O2S. The molecule has 0 aliphatic carbocycles. The van der Waals surface area contributed by atoms with Gasteiger partial charge in [0.2, 0.25) is 0 Å². The van der Waals surface area contributed by atoms with Crippen LogP contribution in [0.25, 0.3) is 0 Å². The van der Waals surface area contributed by atoms with Crippen molar-refractivity contribution in [2.24, 2.45) is 5.10 Å². The molecule has 0 aromatic heterocycles. The lowest BCUT2D eigenvalue weighted by Gasteiger charge is -2.14. The Hall–Kier alpha value is -1.84. The van der Waals surface area contributed by atoms with Gasteiger partial charge in [-0.2, -0.15) is 5.10 Å². The average Bonchev–Trinajstić information content (AvgIpc) is 2.66. The van der Waals surface area contributed by atoms with Gasteiger partial charge in [-0.1, -0.05) is 35.9 Å². The van der Waals surface area contributed by atoms with Crippen LogP contribution in [-0.2, 0) is 6.61 Å². The van der Waals surface area contributed by atoms with Crippen molar-refractivity contribution < 1.29 is 9.47 Å². The van der Waals surface area contributed by atoms with E-state index in [2.05, 4.69) is 45.0 Å². The van der Waals surface area contributed by atoms with E-state index in [-0.39, 0.29) is 0 Å². The lowest BCUT2D eigenvalue weighted by atomic mass is 10.2. The van der Waals surface area contributed by atoms with Gasteiger partial charge in [0.25, 0.3) is 0 Å². The third-order valence-electron chi connectivity index (χ3n) is 3.37. The summed E-state index contributed by atoms with van der Waals surface area (Å²) in [4.78, 5) is 0. The zero-order chi connectivity index (χ0) is 19.6. The van der Waals surface area contributed by atoms with Gasteiger partial charge in [0.05, 0.1) is 16.9 Å². The molecule has 2 N–H and O–H groups in total. The summed E-state index contributed by atoms with van der Waals surface area (Å²) in [6.07, 6.45) is 3.37. The van der Waals surface area contributed by atoms with Crippen molar-refractivity contribution in [3.63, 3.8) is 0 Å². The first kappa shape index (κ1) is 21.5. The minimum Gasteiger partial charge on any atom is -0.493 e. The summed E-state index contributed by atoms with van der Waals surface area (Å²) < 4.78 is 12.3. The molecule has 0 atom stereocenters. The Morgan fingerprint density at radius 1 is 1.37 bits per heavy atom. The fourth-order valence-electron chi connectivity index (χ4n) is 2.09. The van der Waals surface area contributed by atoms with Crippen molar-refractivity contribution in [2.45, 2.75) is 6.61 Å². The van der Waals surface area contributed by atoms with Crippen LogP contribution in [0.2, 0.25) is 5.02 Å². The van der Waals surface area contributed by atoms with Crippen LogP contribution in [-0.4, -0.2) is 25.0 Å². The number of nitrogens with zero attached hydrogens (tertiary/aromatic N) is 1. The van der Waals surface area contributed by atoms with E-state index in [0.29, 0.717) is 34.8 Å². The van der Waals surface area contributed by atoms with Crippen molar-refractivity contribution in [1.82, 2.24) is 10.7 Å². The molecule has 27 heavy (non-hydrogen) atoms. The monoisotopic (exact) mass is 515 g/mol. The third-order valence-corrected chi connectivity index (χ3v) is 4.77. The summed E-state index contributed by atoms with van der Waals surface area (Å²) in [7, 11) is 1.60. The molecule has 5 nitrogen and oxygen atoms in total. The minimum absolute atomic E-state index is 0.351. The lowest BCUT2D eigenvalue weighted by Crippen LogP contribution is -2.31. The van der Waals surface area contributed by atoms with Crippen LogP contribution in [0.1, 0.15) is 11.1 Å². The Bertz CT molecular complexity index is 846. The Labute approximate surface area is 182 Å². The number of rotatable bonds is 8. The molecule has 142 valence electrons. The molecule has 0 saturated heterocycles. The van der Waals surface area contributed by atoms with Crippen LogP contribution in [0.4, 0.5) is 0 Å². The summed E-state index contributed by atoms with van der Waals surface area (Å²) in [5, 5.41) is 8.14. The second kappa shape index (κ2) is 11.1. The highest BCUT2D eigenvalue weighted by Gasteiger charge is 2.12. The molecule has 0 bridgehead atoms. The van der Waals surface area contributed by atoms with Crippen LogP contribution in [0.5, 0.6) is 11.5 Å². The van der Waals surface area contributed by atoms with Crippen molar-refractivity contribution in [3.8, 4) is 11.5 Å². The molecule has 0 amide bonds. The van der Waals surface area contributed by atoms with Crippen molar-refractivity contribution in [3.05, 3.63) is 68.8 Å². The highest BCUT2D eigenvalue weighted by atomic mass is 127. The van der Waals surface area contributed by atoms with Crippen molar-refractivity contribution >= 4 is 57.7 Å². The highest BCUT2D eigenvalue weighted by molar-refractivity contribution is 14.1. The Morgan fingerprint density at radius 3 is 2.85 bits per heavy atom. The second-order valence-electron chi connectivity index (χ2n) is 5.28. The number of halogens is 2. The van der Waals surface area contributed by atoms with E-state index in [1.807, 2.05) is 36.4 Å². The lowest BCUT2D eigenvalue weighted by molar-refractivity contribution is 0.282. The highest BCUT2D eigenvalue weighted by Crippen LogP contribution is 2.34. The molecular weight excluding hydrogens is 497 g/mol. The fraction of sp³-hybridized carbons (Fsp3) is 0.158. The molecule has 8 heteroatoms. The number of nitrogens with one attached hydrogen (secondary N) is 2. The Morgan fingerprint density at radius 2 is 2.15 bits per heavy atom. The smallest absolute Gasteiger partial charge is 0.187 e. The zero-order valence-electron chi connectivity index (χ0n) is 14.7. The molecule has 0 unspecified atom stereocenters. The fourth-order valence-corrected chi connectivity index (χ4v) is 3.20. The number of hydrazone groups is 1. The maximum atomic E-state index is 6.19. The number of methoxy groups -OCH3 is 1. The summed E-state index contributed by atoms with van der Waals surface area (Å²) >= 11 is 13.5. The van der Waals surface area contributed by atoms with Gasteiger partial charge in [-0.3, -0.25) is 5.43 Å². The normalized spacial score (nSPS) is 10.5. The average molecular weight is 516 g/mol. The van der Waals surface area contributed by atoms with E-state index < -0.39 is 0 Å². The SMILES string of the molecule is C=CCNC(=S)N/N=C/c1cc(I)c(OCc2ccccc2Cl)c(OC)c1. The molecule has 0 aliphatic heterocycles. The number of hydrogen-bond acceptors (Lipinski definition) is 4. The van der Waals surface area contributed by atoms with Crippen LogP contribution in [0.3, 0.4) is 0 Å². The van der Waals surface area contributed by atoms with Gasteiger partial charge in [0.15, 0.2) is 16.6 Å². The molecule has 0 aliphatic rings. The van der Waals surface area contributed by atoms with E-state index in [4.69, 9.17) is 33.3 Å². The second-order valence-corrected chi connectivity index (χ2v) is 7.26. The zero-order valence-corrected chi connectivity index (χ0v) is 18.4. The molecule has 2 aromatic carbocycles. The van der Waals surface area contributed by atoms with Gasteiger partial charge >= 0.3 is 0 Å². The molecule has 0 fully saturated rings. The van der Waals surface area contributed by atoms with Crippen LogP contribution in [0, 0.1) is 3.57 Å². The summed E-state index contributed by atoms with van der Waals surface area (Å²) in [6, 6.07) is 11.4. The van der Waals surface area contributed by atoms with Crippen LogP contribution < -0.4 is 20.2 Å². The first-order valence-electron chi connectivity index (χ1n) is 7.96. The van der Waals surface area contributed by atoms with E-state index in [1.54, 1.807) is 19.4 Å². The topological polar surface area (TPSA) is 54.9 Å². The number of thiocarbonyl (C=S) groups is 1. The van der Waals surface area contributed by atoms with Gasteiger partial charge in [-0.05, 0) is 58.6 Å². The van der Waals surface area contributed by atoms with Crippen LogP contribution in [0.15, 0.2) is 54.2 Å². The molecule has 0 saturated carbocycles. The third kappa shape index (κ3) is 6.67. The molecule has 2 rings (SSSR count). The van der Waals surface area contributed by atoms with Gasteiger partial charge in [-0.15, -0.1) is 6.58 Å².